The van der Waals surface area contributed by atoms with Crippen molar-refractivity contribution in [3.05, 3.63) is 71.3 Å². The summed E-state index contributed by atoms with van der Waals surface area (Å²) in [6.45, 7) is 0. The van der Waals surface area contributed by atoms with Crippen molar-refractivity contribution in [3.8, 4) is 0 Å². The van der Waals surface area contributed by atoms with E-state index >= 15 is 0 Å². The summed E-state index contributed by atoms with van der Waals surface area (Å²) >= 11 is 0. The van der Waals surface area contributed by atoms with Crippen molar-refractivity contribution in [2.45, 2.75) is 5.75 Å². The first kappa shape index (κ1) is 18.7. The van der Waals surface area contributed by atoms with Gasteiger partial charge in [-0.2, -0.15) is 8.42 Å². The van der Waals surface area contributed by atoms with Crippen LogP contribution in [-0.2, 0) is 15.9 Å². The largest absolute Gasteiger partial charge is 0.285 e. The van der Waals surface area contributed by atoms with Gasteiger partial charge >= 0.3 is 0 Å². The molecule has 0 aliphatic heterocycles. The summed E-state index contributed by atoms with van der Waals surface area (Å²) in [7, 11) is -4.12. The standard InChI is InChI=1S/C15H12O5S.Na/c16-14(12-4-2-1-3-5-12)15(17)13-8-6-11(7-9-13)10-21(18,19)20;/h1-9H,10H2,(H,18,19,20);. The van der Waals surface area contributed by atoms with Crippen LogP contribution in [0.25, 0.3) is 0 Å². The minimum Gasteiger partial charge on any atom is -0.285 e. The topological polar surface area (TPSA) is 88.5 Å². The van der Waals surface area contributed by atoms with Crippen LogP contribution in [0, 0.1) is 0 Å². The van der Waals surface area contributed by atoms with Gasteiger partial charge in [0, 0.05) is 40.7 Å². The molecule has 0 bridgehead atoms. The van der Waals surface area contributed by atoms with Gasteiger partial charge in [0.1, 0.15) is 5.75 Å². The van der Waals surface area contributed by atoms with E-state index in [1.165, 1.54) is 24.3 Å². The number of hydrogen-bond donors (Lipinski definition) is 1. The molecule has 2 aromatic carbocycles. The Hall–Kier alpha value is -1.31. The molecule has 2 aromatic rings. The van der Waals surface area contributed by atoms with Crippen molar-refractivity contribution in [2.24, 2.45) is 0 Å². The van der Waals surface area contributed by atoms with Gasteiger partial charge in [0.25, 0.3) is 10.1 Å². The van der Waals surface area contributed by atoms with Crippen LogP contribution in [0.1, 0.15) is 26.3 Å². The quantitative estimate of drug-likeness (QED) is 0.391. The molecular formula is C15H12NaO5S. The number of carbonyl (C=O) groups excluding carboxylic acids is 2. The second kappa shape index (κ2) is 7.80. The van der Waals surface area contributed by atoms with Crippen LogP contribution in [0.4, 0.5) is 0 Å². The first-order valence-corrected chi connectivity index (χ1v) is 7.66. The van der Waals surface area contributed by atoms with Crippen LogP contribution in [0.15, 0.2) is 54.6 Å². The van der Waals surface area contributed by atoms with Crippen molar-refractivity contribution in [2.75, 3.05) is 0 Å². The fourth-order valence-electron chi connectivity index (χ4n) is 1.81. The zero-order valence-electron chi connectivity index (χ0n) is 11.9. The van der Waals surface area contributed by atoms with Crippen LogP contribution in [0.3, 0.4) is 0 Å². The summed E-state index contributed by atoms with van der Waals surface area (Å²) in [5, 5.41) is 0. The SMILES string of the molecule is O=C(C(=O)c1ccc(CS(=O)(=O)O)cc1)c1ccccc1.[Na]. The molecule has 0 unspecified atom stereocenters. The fourth-order valence-corrected chi connectivity index (χ4v) is 2.43. The van der Waals surface area contributed by atoms with E-state index in [1.807, 2.05) is 0 Å². The second-order valence-electron chi connectivity index (χ2n) is 4.45. The molecule has 22 heavy (non-hydrogen) atoms. The third-order valence-corrected chi connectivity index (χ3v) is 3.51. The van der Waals surface area contributed by atoms with Gasteiger partial charge in [0.15, 0.2) is 0 Å². The van der Waals surface area contributed by atoms with E-state index in [-0.39, 0.29) is 35.1 Å². The minimum absolute atomic E-state index is 0. The Balaban J connectivity index is 0.00000242. The van der Waals surface area contributed by atoms with Gasteiger partial charge < -0.3 is 0 Å². The second-order valence-corrected chi connectivity index (χ2v) is 5.90. The molecule has 1 N–H and O–H groups in total. The summed E-state index contributed by atoms with van der Waals surface area (Å²) in [6, 6.07) is 13.7. The average Bonchev–Trinajstić information content (AvgIpc) is 2.46. The van der Waals surface area contributed by atoms with Gasteiger partial charge in [-0.15, -0.1) is 0 Å². The van der Waals surface area contributed by atoms with Crippen molar-refractivity contribution in [3.63, 3.8) is 0 Å². The van der Waals surface area contributed by atoms with Gasteiger partial charge in [-0.1, -0.05) is 54.6 Å². The molecule has 0 fully saturated rings. The van der Waals surface area contributed by atoms with Crippen molar-refractivity contribution in [1.29, 1.82) is 0 Å². The van der Waals surface area contributed by atoms with E-state index in [0.717, 1.165) is 0 Å². The van der Waals surface area contributed by atoms with Crippen molar-refractivity contribution >= 4 is 51.2 Å². The molecule has 2 rings (SSSR count). The molecule has 0 saturated carbocycles. The number of rotatable bonds is 5. The van der Waals surface area contributed by atoms with Crippen LogP contribution < -0.4 is 0 Å². The molecule has 0 amide bonds. The molecule has 5 nitrogen and oxygen atoms in total. The zero-order valence-corrected chi connectivity index (χ0v) is 14.7. The molecular weight excluding hydrogens is 315 g/mol. The summed E-state index contributed by atoms with van der Waals surface area (Å²) in [5.74, 6) is -1.83. The van der Waals surface area contributed by atoms with Gasteiger partial charge in [-0.05, 0) is 5.56 Å². The Bertz CT molecular complexity index is 767. The smallest absolute Gasteiger partial charge is 0.269 e. The molecule has 1 radical (unpaired) electrons. The van der Waals surface area contributed by atoms with Gasteiger partial charge in [-0.25, -0.2) is 0 Å². The summed E-state index contributed by atoms with van der Waals surface area (Å²) < 4.78 is 30.2. The molecule has 0 spiro atoms. The van der Waals surface area contributed by atoms with E-state index in [4.69, 9.17) is 4.55 Å². The predicted molar refractivity (Wildman–Crippen MR) is 82.6 cm³/mol. The monoisotopic (exact) mass is 327 g/mol. The van der Waals surface area contributed by atoms with Crippen LogP contribution in [-0.4, -0.2) is 54.1 Å². The molecule has 0 aliphatic rings. The Morgan fingerprint density at radius 3 is 1.73 bits per heavy atom. The van der Waals surface area contributed by atoms with Crippen LogP contribution >= 0.6 is 0 Å². The van der Waals surface area contributed by atoms with E-state index in [2.05, 4.69) is 0 Å². The van der Waals surface area contributed by atoms with E-state index < -0.39 is 27.4 Å². The predicted octanol–water partition coefficient (Wildman–Crippen LogP) is 1.76. The number of ketones is 2. The maximum atomic E-state index is 12.0. The van der Waals surface area contributed by atoms with Crippen LogP contribution in [0.2, 0.25) is 0 Å². The Labute approximate surface area is 150 Å². The normalized spacial score (nSPS) is 10.6. The van der Waals surface area contributed by atoms with E-state index in [9.17, 15) is 18.0 Å². The molecule has 0 aromatic heterocycles. The van der Waals surface area contributed by atoms with Crippen LogP contribution in [0.5, 0.6) is 0 Å². The Morgan fingerprint density at radius 1 is 0.818 bits per heavy atom. The minimum atomic E-state index is -4.12. The molecule has 7 heteroatoms. The van der Waals surface area contributed by atoms with Gasteiger partial charge in [-0.3, -0.25) is 14.1 Å². The Morgan fingerprint density at radius 2 is 1.27 bits per heavy atom. The number of carbonyl (C=O) groups is 2. The molecule has 0 atom stereocenters. The first-order valence-electron chi connectivity index (χ1n) is 6.05. The summed E-state index contributed by atoms with van der Waals surface area (Å²) in [4.78, 5) is 24.0. The molecule has 109 valence electrons. The van der Waals surface area contributed by atoms with E-state index in [0.29, 0.717) is 11.1 Å². The number of hydrogen-bond acceptors (Lipinski definition) is 4. The summed E-state index contributed by atoms with van der Waals surface area (Å²) in [6.07, 6.45) is 0. The molecule has 0 saturated heterocycles. The van der Waals surface area contributed by atoms with Crippen molar-refractivity contribution in [1.82, 2.24) is 0 Å². The van der Waals surface area contributed by atoms with Crippen molar-refractivity contribution < 1.29 is 22.6 Å². The average molecular weight is 327 g/mol. The van der Waals surface area contributed by atoms with E-state index in [1.54, 1.807) is 30.3 Å². The number of benzene rings is 2. The van der Waals surface area contributed by atoms with Gasteiger partial charge in [0.05, 0.1) is 0 Å². The molecule has 0 aliphatic carbocycles. The fraction of sp³-hybridized carbons (Fsp3) is 0.0667. The third-order valence-electron chi connectivity index (χ3n) is 2.81. The first-order chi connectivity index (χ1) is 9.87. The number of Topliss-reactive ketones (excluding diaryl/α,β-unsaturated/α-hetero) is 2. The molecule has 0 heterocycles. The third kappa shape index (κ3) is 5.15. The maximum Gasteiger partial charge on any atom is 0.269 e. The maximum absolute atomic E-state index is 12.0. The Kier molecular flexibility index (Phi) is 6.65. The zero-order chi connectivity index (χ0) is 15.5. The summed E-state index contributed by atoms with van der Waals surface area (Å²) in [5.41, 5.74) is 0.800. The van der Waals surface area contributed by atoms with Gasteiger partial charge in [0.2, 0.25) is 11.6 Å².